The second kappa shape index (κ2) is 6.07. The number of alkyl halides is 1. The number of nitrogens with zero attached hydrogens (tertiary/aromatic N) is 1. The van der Waals surface area contributed by atoms with E-state index in [0.717, 1.165) is 17.0 Å². The highest BCUT2D eigenvalue weighted by Gasteiger charge is 2.17. The summed E-state index contributed by atoms with van der Waals surface area (Å²) in [7, 11) is 0. The molecule has 0 N–H and O–H groups in total. The lowest BCUT2D eigenvalue weighted by Gasteiger charge is -2.19. The lowest BCUT2D eigenvalue weighted by molar-refractivity contribution is 0.450. The van der Waals surface area contributed by atoms with Gasteiger partial charge in [0.2, 0.25) is 5.88 Å². The molecular formula is C18H22ClNO. The maximum absolute atomic E-state index is 5.99. The van der Waals surface area contributed by atoms with Gasteiger partial charge in [0.1, 0.15) is 5.75 Å². The highest BCUT2D eigenvalue weighted by atomic mass is 35.5. The van der Waals surface area contributed by atoms with Crippen molar-refractivity contribution in [3.8, 4) is 11.6 Å². The van der Waals surface area contributed by atoms with Crippen LogP contribution < -0.4 is 4.74 Å². The van der Waals surface area contributed by atoms with E-state index in [2.05, 4.69) is 45.7 Å². The predicted molar refractivity (Wildman–Crippen MR) is 88.5 cm³/mol. The van der Waals surface area contributed by atoms with Crippen molar-refractivity contribution in [1.29, 1.82) is 0 Å². The molecule has 0 spiro atoms. The molecular weight excluding hydrogens is 282 g/mol. The highest BCUT2D eigenvalue weighted by Crippen LogP contribution is 2.28. The van der Waals surface area contributed by atoms with Crippen LogP contribution in [0, 0.1) is 13.8 Å². The first-order valence-electron chi connectivity index (χ1n) is 7.11. The van der Waals surface area contributed by atoms with Crippen LogP contribution in [0.1, 0.15) is 43.2 Å². The standard InChI is InChI=1S/C18H22ClNO/c1-12-6-13(2)8-15(7-12)21-17-10-14(11-19)9-16(20-17)18(3,4)5/h6-10H,11H2,1-5H3. The SMILES string of the molecule is Cc1cc(C)cc(Oc2cc(CCl)cc(C(C)(C)C)n2)c1. The van der Waals surface area contributed by atoms with E-state index in [4.69, 9.17) is 16.3 Å². The van der Waals surface area contributed by atoms with Crippen molar-refractivity contribution in [3.63, 3.8) is 0 Å². The normalized spacial score (nSPS) is 11.5. The van der Waals surface area contributed by atoms with Crippen molar-refractivity contribution in [3.05, 3.63) is 52.7 Å². The minimum Gasteiger partial charge on any atom is -0.439 e. The molecule has 0 saturated carbocycles. The van der Waals surface area contributed by atoms with Gasteiger partial charge in [-0.05, 0) is 48.7 Å². The van der Waals surface area contributed by atoms with Gasteiger partial charge in [0.05, 0.1) is 5.69 Å². The van der Waals surface area contributed by atoms with E-state index in [1.807, 2.05) is 24.3 Å². The van der Waals surface area contributed by atoms with Crippen LogP contribution in [-0.4, -0.2) is 4.98 Å². The first-order chi connectivity index (χ1) is 9.77. The average Bonchev–Trinajstić information content (AvgIpc) is 2.36. The highest BCUT2D eigenvalue weighted by molar-refractivity contribution is 6.17. The van der Waals surface area contributed by atoms with Gasteiger partial charge in [-0.2, -0.15) is 0 Å². The number of ether oxygens (including phenoxy) is 1. The first kappa shape index (κ1) is 15.8. The van der Waals surface area contributed by atoms with Crippen LogP contribution in [0.4, 0.5) is 0 Å². The molecule has 112 valence electrons. The molecule has 0 bridgehead atoms. The van der Waals surface area contributed by atoms with Gasteiger partial charge >= 0.3 is 0 Å². The van der Waals surface area contributed by atoms with Gasteiger partial charge in [-0.15, -0.1) is 11.6 Å². The van der Waals surface area contributed by atoms with Gasteiger partial charge in [0.25, 0.3) is 0 Å². The molecule has 2 rings (SSSR count). The van der Waals surface area contributed by atoms with Crippen molar-refractivity contribution >= 4 is 11.6 Å². The smallest absolute Gasteiger partial charge is 0.219 e. The van der Waals surface area contributed by atoms with E-state index in [-0.39, 0.29) is 5.41 Å². The minimum absolute atomic E-state index is 0.0390. The zero-order valence-electron chi connectivity index (χ0n) is 13.3. The molecule has 0 amide bonds. The van der Waals surface area contributed by atoms with E-state index in [0.29, 0.717) is 11.8 Å². The van der Waals surface area contributed by atoms with Crippen molar-refractivity contribution in [2.24, 2.45) is 0 Å². The van der Waals surface area contributed by atoms with E-state index in [9.17, 15) is 0 Å². The van der Waals surface area contributed by atoms with E-state index >= 15 is 0 Å². The first-order valence-corrected chi connectivity index (χ1v) is 7.65. The Morgan fingerprint density at radius 2 is 1.62 bits per heavy atom. The largest absolute Gasteiger partial charge is 0.439 e. The summed E-state index contributed by atoms with van der Waals surface area (Å²) in [4.78, 5) is 4.63. The lowest BCUT2D eigenvalue weighted by Crippen LogP contribution is -2.14. The molecule has 0 saturated heterocycles. The molecule has 0 atom stereocenters. The van der Waals surface area contributed by atoms with Gasteiger partial charge < -0.3 is 4.74 Å². The molecule has 0 aliphatic rings. The predicted octanol–water partition coefficient (Wildman–Crippen LogP) is 5.53. The van der Waals surface area contributed by atoms with E-state index in [1.54, 1.807) is 0 Å². The van der Waals surface area contributed by atoms with Crippen molar-refractivity contribution in [1.82, 2.24) is 4.98 Å². The number of benzene rings is 1. The van der Waals surface area contributed by atoms with Gasteiger partial charge in [-0.1, -0.05) is 26.8 Å². The Labute approximate surface area is 132 Å². The van der Waals surface area contributed by atoms with Gasteiger partial charge in [-0.3, -0.25) is 0 Å². The summed E-state index contributed by atoms with van der Waals surface area (Å²) in [5.41, 5.74) is 4.32. The monoisotopic (exact) mass is 303 g/mol. The van der Waals surface area contributed by atoms with E-state index < -0.39 is 0 Å². The summed E-state index contributed by atoms with van der Waals surface area (Å²) in [6.07, 6.45) is 0. The van der Waals surface area contributed by atoms with Crippen molar-refractivity contribution in [2.75, 3.05) is 0 Å². The van der Waals surface area contributed by atoms with Crippen LogP contribution in [0.2, 0.25) is 0 Å². The molecule has 2 nitrogen and oxygen atoms in total. The maximum Gasteiger partial charge on any atom is 0.219 e. The molecule has 21 heavy (non-hydrogen) atoms. The molecule has 1 aromatic carbocycles. The van der Waals surface area contributed by atoms with Crippen LogP contribution in [-0.2, 0) is 11.3 Å². The fraction of sp³-hybridized carbons (Fsp3) is 0.389. The Kier molecular flexibility index (Phi) is 4.58. The Morgan fingerprint density at radius 1 is 1.00 bits per heavy atom. The Balaban J connectivity index is 2.39. The summed E-state index contributed by atoms with van der Waals surface area (Å²) in [6.45, 7) is 10.5. The number of pyridine rings is 1. The van der Waals surface area contributed by atoms with E-state index in [1.165, 1.54) is 11.1 Å². The Morgan fingerprint density at radius 3 is 2.14 bits per heavy atom. The minimum atomic E-state index is -0.0390. The number of hydrogen-bond donors (Lipinski definition) is 0. The molecule has 0 aliphatic carbocycles. The van der Waals surface area contributed by atoms with Crippen LogP contribution in [0.25, 0.3) is 0 Å². The molecule has 2 aromatic rings. The number of rotatable bonds is 3. The fourth-order valence-corrected chi connectivity index (χ4v) is 2.34. The maximum atomic E-state index is 5.99. The zero-order valence-corrected chi connectivity index (χ0v) is 14.1. The van der Waals surface area contributed by atoms with Crippen LogP contribution in [0.5, 0.6) is 11.6 Å². The lowest BCUT2D eigenvalue weighted by atomic mass is 9.91. The Bertz CT molecular complexity index is 624. The topological polar surface area (TPSA) is 22.1 Å². The summed E-state index contributed by atoms with van der Waals surface area (Å²) in [5.74, 6) is 1.86. The summed E-state index contributed by atoms with van der Waals surface area (Å²) in [5, 5.41) is 0. The number of halogens is 1. The molecule has 3 heteroatoms. The van der Waals surface area contributed by atoms with Gasteiger partial charge in [0, 0.05) is 17.4 Å². The summed E-state index contributed by atoms with van der Waals surface area (Å²) < 4.78 is 5.95. The average molecular weight is 304 g/mol. The second-order valence-electron chi connectivity index (χ2n) is 6.51. The van der Waals surface area contributed by atoms with Gasteiger partial charge in [0.15, 0.2) is 0 Å². The Hall–Kier alpha value is -1.54. The quantitative estimate of drug-likeness (QED) is 0.696. The van der Waals surface area contributed by atoms with Crippen LogP contribution in [0.3, 0.4) is 0 Å². The third-order valence-electron chi connectivity index (χ3n) is 3.20. The fourth-order valence-electron chi connectivity index (χ4n) is 2.19. The molecule has 1 heterocycles. The second-order valence-corrected chi connectivity index (χ2v) is 6.78. The van der Waals surface area contributed by atoms with Crippen molar-refractivity contribution < 1.29 is 4.74 Å². The number of hydrogen-bond acceptors (Lipinski definition) is 2. The van der Waals surface area contributed by atoms with Crippen LogP contribution in [0.15, 0.2) is 30.3 Å². The molecule has 0 aliphatic heterocycles. The molecule has 0 fully saturated rings. The summed E-state index contributed by atoms with van der Waals surface area (Å²) in [6, 6.07) is 10.1. The van der Waals surface area contributed by atoms with Crippen LogP contribution >= 0.6 is 11.6 Å². The van der Waals surface area contributed by atoms with Gasteiger partial charge in [-0.25, -0.2) is 4.98 Å². The third kappa shape index (κ3) is 4.21. The molecule has 1 aromatic heterocycles. The third-order valence-corrected chi connectivity index (χ3v) is 3.51. The summed E-state index contributed by atoms with van der Waals surface area (Å²) >= 11 is 5.99. The zero-order chi connectivity index (χ0) is 15.6. The molecule has 0 radical (unpaired) electrons. The molecule has 0 unspecified atom stereocenters. The van der Waals surface area contributed by atoms with Crippen molar-refractivity contribution in [2.45, 2.75) is 45.9 Å². The number of aryl methyl sites for hydroxylation is 2. The number of aromatic nitrogens is 1.